The molecule has 2 aromatic rings. The van der Waals surface area contributed by atoms with E-state index in [9.17, 15) is 9.18 Å². The molecular formula is C15H14ClFN2O. The van der Waals surface area contributed by atoms with Crippen molar-refractivity contribution < 1.29 is 9.18 Å². The van der Waals surface area contributed by atoms with Gasteiger partial charge in [0, 0.05) is 24.3 Å². The Hall–Kier alpha value is -2.07. The summed E-state index contributed by atoms with van der Waals surface area (Å²) >= 11 is 5.67. The van der Waals surface area contributed by atoms with E-state index in [1.165, 1.54) is 12.1 Å². The average Bonchev–Trinajstić information content (AvgIpc) is 2.44. The molecule has 0 spiro atoms. The van der Waals surface area contributed by atoms with Crippen molar-refractivity contribution in [3.63, 3.8) is 0 Å². The number of benzene rings is 2. The van der Waals surface area contributed by atoms with Crippen molar-refractivity contribution in [3.8, 4) is 0 Å². The lowest BCUT2D eigenvalue weighted by Crippen LogP contribution is -2.16. The van der Waals surface area contributed by atoms with Crippen LogP contribution < -0.4 is 10.6 Å². The Balaban J connectivity index is 1.78. The molecule has 0 aromatic heterocycles. The lowest BCUT2D eigenvalue weighted by atomic mass is 10.3. The summed E-state index contributed by atoms with van der Waals surface area (Å²) in [4.78, 5) is 11.7. The van der Waals surface area contributed by atoms with E-state index in [1.54, 1.807) is 6.07 Å². The number of amides is 1. The Morgan fingerprint density at radius 3 is 2.55 bits per heavy atom. The minimum Gasteiger partial charge on any atom is -0.384 e. The number of nitrogens with one attached hydrogen (secondary N) is 2. The maximum Gasteiger partial charge on any atom is 0.226 e. The fourth-order valence-corrected chi connectivity index (χ4v) is 1.85. The summed E-state index contributed by atoms with van der Waals surface area (Å²) in [6.07, 6.45) is 0.309. The minimum atomic E-state index is -0.459. The molecule has 0 aliphatic carbocycles. The summed E-state index contributed by atoms with van der Waals surface area (Å²) in [7, 11) is 0. The van der Waals surface area contributed by atoms with Crippen LogP contribution >= 0.6 is 11.6 Å². The van der Waals surface area contributed by atoms with Crippen LogP contribution in [0.25, 0.3) is 0 Å². The highest BCUT2D eigenvalue weighted by Gasteiger charge is 2.03. The van der Waals surface area contributed by atoms with E-state index in [4.69, 9.17) is 11.6 Å². The number of carbonyl (C=O) groups is 1. The molecule has 104 valence electrons. The molecule has 0 bridgehead atoms. The molecule has 20 heavy (non-hydrogen) atoms. The maximum absolute atomic E-state index is 13.0. The van der Waals surface area contributed by atoms with E-state index in [-0.39, 0.29) is 10.9 Å². The van der Waals surface area contributed by atoms with Gasteiger partial charge in [-0.25, -0.2) is 4.39 Å². The number of halogens is 2. The molecule has 0 unspecified atom stereocenters. The molecule has 0 aliphatic rings. The lowest BCUT2D eigenvalue weighted by molar-refractivity contribution is -0.115. The quantitative estimate of drug-likeness (QED) is 0.877. The van der Waals surface area contributed by atoms with Crippen molar-refractivity contribution in [1.82, 2.24) is 0 Å². The summed E-state index contributed by atoms with van der Waals surface area (Å²) in [6.45, 7) is 0.445. The molecule has 0 saturated carbocycles. The standard InChI is InChI=1S/C15H14ClFN2O/c16-13-10-12(6-7-14(13)17)18-9-8-15(20)19-11-4-2-1-3-5-11/h1-7,10,18H,8-9H2,(H,19,20). The van der Waals surface area contributed by atoms with Crippen molar-refractivity contribution >= 4 is 28.9 Å². The smallest absolute Gasteiger partial charge is 0.226 e. The average molecular weight is 293 g/mol. The Morgan fingerprint density at radius 2 is 1.85 bits per heavy atom. The van der Waals surface area contributed by atoms with E-state index < -0.39 is 5.82 Å². The first-order chi connectivity index (χ1) is 9.65. The van der Waals surface area contributed by atoms with Crippen molar-refractivity contribution in [2.75, 3.05) is 17.2 Å². The molecule has 0 saturated heterocycles. The third kappa shape index (κ3) is 4.24. The SMILES string of the molecule is O=C(CCNc1ccc(F)c(Cl)c1)Nc1ccccc1. The van der Waals surface area contributed by atoms with Gasteiger partial charge in [0.2, 0.25) is 5.91 Å². The zero-order chi connectivity index (χ0) is 14.4. The van der Waals surface area contributed by atoms with Crippen LogP contribution in [-0.2, 0) is 4.79 Å². The minimum absolute atomic E-state index is 0.0590. The molecule has 0 fully saturated rings. The van der Waals surface area contributed by atoms with Crippen LogP contribution in [0.5, 0.6) is 0 Å². The molecule has 2 N–H and O–H groups in total. The first kappa shape index (κ1) is 14.3. The molecule has 0 aliphatic heterocycles. The monoisotopic (exact) mass is 292 g/mol. The Kier molecular flexibility index (Phi) is 4.96. The van der Waals surface area contributed by atoms with Gasteiger partial charge in [-0.3, -0.25) is 4.79 Å². The van der Waals surface area contributed by atoms with E-state index in [1.807, 2.05) is 30.3 Å². The Labute approximate surface area is 121 Å². The van der Waals surface area contributed by atoms with Crippen LogP contribution in [0.4, 0.5) is 15.8 Å². The van der Waals surface area contributed by atoms with Crippen LogP contribution in [0.1, 0.15) is 6.42 Å². The number of hydrogen-bond donors (Lipinski definition) is 2. The summed E-state index contributed by atoms with van der Waals surface area (Å²) in [5.74, 6) is -0.545. The topological polar surface area (TPSA) is 41.1 Å². The fourth-order valence-electron chi connectivity index (χ4n) is 1.67. The van der Waals surface area contributed by atoms with Crippen LogP contribution in [0, 0.1) is 5.82 Å². The molecular weight excluding hydrogens is 279 g/mol. The predicted octanol–water partition coefficient (Wildman–Crippen LogP) is 3.92. The van der Waals surface area contributed by atoms with Gasteiger partial charge >= 0.3 is 0 Å². The molecule has 0 atom stereocenters. The Morgan fingerprint density at radius 1 is 1.10 bits per heavy atom. The number of anilines is 2. The van der Waals surface area contributed by atoms with Crippen molar-refractivity contribution in [2.24, 2.45) is 0 Å². The number of carbonyl (C=O) groups excluding carboxylic acids is 1. The second kappa shape index (κ2) is 6.91. The molecule has 2 rings (SSSR count). The Bertz CT molecular complexity index is 590. The number of rotatable bonds is 5. The van der Waals surface area contributed by atoms with Crippen LogP contribution in [0.2, 0.25) is 5.02 Å². The second-order valence-corrected chi connectivity index (χ2v) is 4.63. The van der Waals surface area contributed by atoms with Gasteiger partial charge in [0.05, 0.1) is 5.02 Å². The van der Waals surface area contributed by atoms with Crippen LogP contribution in [-0.4, -0.2) is 12.5 Å². The molecule has 1 amide bonds. The van der Waals surface area contributed by atoms with Gasteiger partial charge in [-0.15, -0.1) is 0 Å². The zero-order valence-electron chi connectivity index (χ0n) is 10.7. The highest BCUT2D eigenvalue weighted by atomic mass is 35.5. The van der Waals surface area contributed by atoms with Crippen molar-refractivity contribution in [2.45, 2.75) is 6.42 Å². The van der Waals surface area contributed by atoms with Gasteiger partial charge < -0.3 is 10.6 Å². The fraction of sp³-hybridized carbons (Fsp3) is 0.133. The molecule has 0 heterocycles. The molecule has 3 nitrogen and oxygen atoms in total. The van der Waals surface area contributed by atoms with E-state index in [2.05, 4.69) is 10.6 Å². The second-order valence-electron chi connectivity index (χ2n) is 4.22. The highest BCUT2D eigenvalue weighted by Crippen LogP contribution is 2.19. The van der Waals surface area contributed by atoms with E-state index >= 15 is 0 Å². The molecule has 5 heteroatoms. The van der Waals surface area contributed by atoms with Crippen LogP contribution in [0.3, 0.4) is 0 Å². The van der Waals surface area contributed by atoms with Gasteiger partial charge in [-0.2, -0.15) is 0 Å². The van der Waals surface area contributed by atoms with E-state index in [0.717, 1.165) is 5.69 Å². The maximum atomic E-state index is 13.0. The summed E-state index contributed by atoms with van der Waals surface area (Å²) < 4.78 is 13.0. The summed E-state index contributed by atoms with van der Waals surface area (Å²) in [5.41, 5.74) is 1.45. The first-order valence-electron chi connectivity index (χ1n) is 6.19. The predicted molar refractivity (Wildman–Crippen MR) is 79.6 cm³/mol. The van der Waals surface area contributed by atoms with Gasteiger partial charge in [0.1, 0.15) is 5.82 Å². The van der Waals surface area contributed by atoms with Gasteiger partial charge in [-0.05, 0) is 30.3 Å². The van der Waals surface area contributed by atoms with Crippen LogP contribution in [0.15, 0.2) is 48.5 Å². The van der Waals surface area contributed by atoms with Gasteiger partial charge in [0.25, 0.3) is 0 Å². The summed E-state index contributed by atoms with van der Waals surface area (Å²) in [6, 6.07) is 13.6. The normalized spacial score (nSPS) is 10.1. The number of hydrogen-bond acceptors (Lipinski definition) is 2. The van der Waals surface area contributed by atoms with E-state index in [0.29, 0.717) is 18.7 Å². The molecule has 0 radical (unpaired) electrons. The zero-order valence-corrected chi connectivity index (χ0v) is 11.5. The van der Waals surface area contributed by atoms with Gasteiger partial charge in [0.15, 0.2) is 0 Å². The first-order valence-corrected chi connectivity index (χ1v) is 6.57. The summed E-state index contributed by atoms with van der Waals surface area (Å²) in [5, 5.41) is 5.86. The van der Waals surface area contributed by atoms with Crippen molar-refractivity contribution in [3.05, 3.63) is 59.4 Å². The third-order valence-electron chi connectivity index (χ3n) is 2.66. The third-order valence-corrected chi connectivity index (χ3v) is 2.95. The lowest BCUT2D eigenvalue weighted by Gasteiger charge is -2.08. The van der Waals surface area contributed by atoms with Gasteiger partial charge in [-0.1, -0.05) is 29.8 Å². The van der Waals surface area contributed by atoms with Crippen molar-refractivity contribution in [1.29, 1.82) is 0 Å². The largest absolute Gasteiger partial charge is 0.384 e. The molecule has 2 aromatic carbocycles. The highest BCUT2D eigenvalue weighted by molar-refractivity contribution is 6.31. The number of para-hydroxylation sites is 1.